The molecule has 0 radical (unpaired) electrons. The van der Waals surface area contributed by atoms with Gasteiger partial charge in [0.25, 0.3) is 4.33 Å². The smallest absolute Gasteiger partial charge is 0.194 e. The highest BCUT2D eigenvalue weighted by atomic mass is 35.5. The van der Waals surface area contributed by atoms with E-state index in [2.05, 4.69) is 8.14 Å². The minimum absolute atomic E-state index is 0.323. The molecule has 0 aromatic carbocycles. The number of aromatic nitrogens is 2. The van der Waals surface area contributed by atoms with E-state index in [1.54, 1.807) is 6.07 Å². The summed E-state index contributed by atoms with van der Waals surface area (Å²) in [6.07, 6.45) is 0. The largest absolute Gasteiger partial charge is 0.331 e. The van der Waals surface area contributed by atoms with Crippen LogP contribution in [0, 0.1) is 11.3 Å². The number of rotatable bonds is 1. The van der Waals surface area contributed by atoms with Crippen molar-refractivity contribution < 1.29 is 0 Å². The summed E-state index contributed by atoms with van der Waals surface area (Å²) in [4.78, 5) is 0. The lowest BCUT2D eigenvalue weighted by molar-refractivity contribution is 1.10. The minimum atomic E-state index is -1.53. The minimum Gasteiger partial charge on any atom is -0.194 e. The Labute approximate surface area is 75.3 Å². The van der Waals surface area contributed by atoms with Gasteiger partial charge in [-0.25, -0.2) is 0 Å². The monoisotopic (exact) mass is 212 g/mol. The summed E-state index contributed by atoms with van der Waals surface area (Å²) in [6.45, 7) is 0. The zero-order valence-electron chi connectivity index (χ0n) is 4.41. The predicted octanol–water partition coefficient (Wildman–Crippen LogP) is 2.03. The lowest BCUT2D eigenvalue weighted by atomic mass is 10.5. The van der Waals surface area contributed by atoms with Gasteiger partial charge in [0.2, 0.25) is 11.5 Å². The Morgan fingerprint density at radius 2 is 2.40 bits per heavy atom. The summed E-state index contributed by atoms with van der Waals surface area (Å²) >= 11 is 13.0. The molecular weight excluding hydrogens is 213 g/mol. The lowest BCUT2D eigenvalue weighted by Crippen LogP contribution is -2.04. The van der Waals surface area contributed by atoms with Gasteiger partial charge in [-0.2, -0.15) is 5.26 Å². The third-order valence-corrected chi connectivity index (χ3v) is 2.96. The highest BCUT2D eigenvalue weighted by Gasteiger charge is 2.36. The van der Waals surface area contributed by atoms with Crippen molar-refractivity contribution in [3.63, 3.8) is 0 Å². The van der Waals surface area contributed by atoms with Gasteiger partial charge in [0, 0.05) is 0 Å². The molecule has 0 saturated carbocycles. The van der Waals surface area contributed by atoms with E-state index >= 15 is 0 Å². The van der Waals surface area contributed by atoms with E-state index in [1.807, 2.05) is 0 Å². The lowest BCUT2D eigenvalue weighted by Gasteiger charge is -1.96. The quantitative estimate of drug-likeness (QED) is 0.529. The second kappa shape index (κ2) is 2.93. The van der Waals surface area contributed by atoms with Gasteiger partial charge in [-0.05, 0) is 4.37 Å². The van der Waals surface area contributed by atoms with Crippen LogP contribution in [-0.4, -0.2) is 8.14 Å². The molecule has 1 aromatic rings. The second-order valence-electron chi connectivity index (χ2n) is 1.33. The second-order valence-corrected chi connectivity index (χ2v) is 4.17. The van der Waals surface area contributed by atoms with Crippen LogP contribution < -0.4 is 0 Å². The number of hydrogen-bond acceptors (Lipinski definition) is 4. The molecule has 52 valence electrons. The number of halogens is 2. The molecule has 0 saturated heterocycles. The van der Waals surface area contributed by atoms with Gasteiger partial charge >= 0.3 is 16.7 Å². The molecule has 1 rings (SSSR count). The van der Waals surface area contributed by atoms with Crippen molar-refractivity contribution in [3.8, 4) is 6.07 Å². The normalized spacial score (nSPS) is 10.9. The van der Waals surface area contributed by atoms with Crippen LogP contribution in [0.25, 0.3) is 0 Å². The molecule has 0 unspecified atom stereocenters. The Morgan fingerprint density at radius 1 is 1.70 bits per heavy atom. The zero-order chi connectivity index (χ0) is 7.61. The van der Waals surface area contributed by atoms with Crippen molar-refractivity contribution in [2.24, 2.45) is 0 Å². The molecule has 0 aliphatic carbocycles. The fraction of sp³-hybridized carbons (Fsp3) is 0.333. The fourth-order valence-electron chi connectivity index (χ4n) is 0.285. The molecule has 0 atom stereocenters. The fourth-order valence-corrected chi connectivity index (χ4v) is 1.83. The first-order valence-electron chi connectivity index (χ1n) is 2.08. The van der Waals surface area contributed by atoms with Crippen LogP contribution in [0.5, 0.6) is 0 Å². The van der Waals surface area contributed by atoms with Crippen LogP contribution in [0.4, 0.5) is 0 Å². The number of nitriles is 1. The molecule has 3 nitrogen and oxygen atoms in total. The van der Waals surface area contributed by atoms with Crippen LogP contribution in [0.3, 0.4) is 0 Å². The Morgan fingerprint density at radius 3 is 2.80 bits per heavy atom. The van der Waals surface area contributed by atoms with Crippen LogP contribution in [0.2, 0.25) is 0 Å². The predicted molar refractivity (Wildman–Crippen MR) is 41.2 cm³/mol. The summed E-state index contributed by atoms with van der Waals surface area (Å²) in [6, 6.07) is 1.69. The Bertz CT molecular complexity index is 251. The summed E-state index contributed by atoms with van der Waals surface area (Å²) in [7, 11) is 0. The van der Waals surface area contributed by atoms with Gasteiger partial charge in [0.15, 0.2) is 0 Å². The molecule has 0 aliphatic heterocycles. The maximum atomic E-state index is 8.40. The molecule has 0 N–H and O–H groups in total. The SMILES string of the molecule is N#CC(Cl)(Cl)c1nsn[s+]1. The summed E-state index contributed by atoms with van der Waals surface area (Å²) in [5.41, 5.74) is 0. The highest BCUT2D eigenvalue weighted by Crippen LogP contribution is 2.33. The van der Waals surface area contributed by atoms with Crippen LogP contribution in [0.15, 0.2) is 0 Å². The van der Waals surface area contributed by atoms with E-state index in [1.165, 1.54) is 0 Å². The molecule has 7 heteroatoms. The van der Waals surface area contributed by atoms with Crippen molar-refractivity contribution in [1.29, 1.82) is 5.26 Å². The highest BCUT2D eigenvalue weighted by molar-refractivity contribution is 7.17. The molecule has 0 spiro atoms. The van der Waals surface area contributed by atoms with E-state index in [-0.39, 0.29) is 0 Å². The van der Waals surface area contributed by atoms with Gasteiger partial charge in [0.1, 0.15) is 9.83 Å². The molecule has 1 aromatic heterocycles. The summed E-state index contributed by atoms with van der Waals surface area (Å²) in [5.74, 6) is 0. The van der Waals surface area contributed by atoms with E-state index in [9.17, 15) is 0 Å². The average molecular weight is 213 g/mol. The van der Waals surface area contributed by atoms with Gasteiger partial charge in [-0.1, -0.05) is 23.2 Å². The maximum absolute atomic E-state index is 8.40. The molecular formula is C3Cl2N3S2+. The van der Waals surface area contributed by atoms with Crippen molar-refractivity contribution >= 4 is 46.5 Å². The molecule has 0 amide bonds. The average Bonchev–Trinajstić information content (AvgIpc) is 2.38. The molecule has 0 fully saturated rings. The number of nitrogens with zero attached hydrogens (tertiary/aromatic N) is 3. The third kappa shape index (κ3) is 1.52. The topological polar surface area (TPSA) is 49.6 Å². The summed E-state index contributed by atoms with van der Waals surface area (Å²) in [5, 5.41) is 8.72. The zero-order valence-corrected chi connectivity index (χ0v) is 7.56. The molecule has 0 aliphatic rings. The van der Waals surface area contributed by atoms with Crippen LogP contribution >= 0.6 is 46.5 Å². The Hall–Kier alpha value is -0.0200. The van der Waals surface area contributed by atoms with Gasteiger partial charge in [0.05, 0.1) is 0 Å². The van der Waals surface area contributed by atoms with Crippen LogP contribution in [0.1, 0.15) is 5.01 Å². The first-order valence-corrected chi connectivity index (χ1v) is 4.34. The van der Waals surface area contributed by atoms with Gasteiger partial charge < -0.3 is 0 Å². The van der Waals surface area contributed by atoms with E-state index in [4.69, 9.17) is 28.5 Å². The number of alkyl halides is 2. The molecule has 10 heavy (non-hydrogen) atoms. The summed E-state index contributed by atoms with van der Waals surface area (Å²) < 4.78 is 5.88. The first kappa shape index (κ1) is 8.08. The third-order valence-electron chi connectivity index (χ3n) is 0.690. The van der Waals surface area contributed by atoms with Crippen molar-refractivity contribution in [1.82, 2.24) is 8.14 Å². The van der Waals surface area contributed by atoms with Gasteiger partial charge in [-0.3, -0.25) is 0 Å². The first-order chi connectivity index (χ1) is 4.67. The van der Waals surface area contributed by atoms with Crippen LogP contribution in [-0.2, 0) is 4.33 Å². The van der Waals surface area contributed by atoms with Gasteiger partial charge in [-0.15, -0.1) is 0 Å². The number of hydrogen-bond donors (Lipinski definition) is 0. The molecule has 1 heterocycles. The maximum Gasteiger partial charge on any atom is 0.331 e. The van der Waals surface area contributed by atoms with E-state index < -0.39 is 4.33 Å². The van der Waals surface area contributed by atoms with Crippen molar-refractivity contribution in [3.05, 3.63) is 5.01 Å². The van der Waals surface area contributed by atoms with E-state index in [0.717, 1.165) is 23.3 Å². The van der Waals surface area contributed by atoms with E-state index in [0.29, 0.717) is 5.01 Å². The molecule has 0 bridgehead atoms. The standard InChI is InChI=1S/C3Cl2N3S2/c4-3(5,1-6)2-7-10-8-9-2/q+1. The Kier molecular flexibility index (Phi) is 2.36. The van der Waals surface area contributed by atoms with Crippen molar-refractivity contribution in [2.45, 2.75) is 4.33 Å². The van der Waals surface area contributed by atoms with Crippen molar-refractivity contribution in [2.75, 3.05) is 0 Å². The Balaban J connectivity index is 2.99.